The third-order valence-corrected chi connectivity index (χ3v) is 4.80. The second kappa shape index (κ2) is 8.02. The van der Waals surface area contributed by atoms with Crippen LogP contribution >= 0.6 is 15.9 Å². The Labute approximate surface area is 168 Å². The highest BCUT2D eigenvalue weighted by atomic mass is 79.9. The van der Waals surface area contributed by atoms with Crippen LogP contribution in [0.15, 0.2) is 34.9 Å². The predicted molar refractivity (Wildman–Crippen MR) is 101 cm³/mol. The average molecular weight is 449 g/mol. The molecule has 0 spiro atoms. The monoisotopic (exact) mass is 448 g/mol. The van der Waals surface area contributed by atoms with Crippen molar-refractivity contribution in [2.75, 3.05) is 18.9 Å². The van der Waals surface area contributed by atoms with Gasteiger partial charge in [-0.2, -0.15) is 5.26 Å². The number of amides is 2. The minimum atomic E-state index is -0.972. The lowest BCUT2D eigenvalue weighted by atomic mass is 10.0. The molecule has 1 N–H and O–H groups in total. The van der Waals surface area contributed by atoms with E-state index in [1.807, 2.05) is 0 Å². The summed E-state index contributed by atoms with van der Waals surface area (Å²) in [5, 5.41) is 11.0. The fourth-order valence-corrected chi connectivity index (χ4v) is 3.16. The van der Waals surface area contributed by atoms with Crippen LogP contribution in [-0.4, -0.2) is 41.5 Å². The molecule has 2 atom stereocenters. The molecule has 1 heterocycles. The summed E-state index contributed by atoms with van der Waals surface area (Å²) in [5.74, 6) is -2.59. The summed E-state index contributed by atoms with van der Waals surface area (Å²) in [6, 6.07) is 7.67. The molecule has 1 aliphatic carbocycles. The van der Waals surface area contributed by atoms with Crippen LogP contribution in [0, 0.1) is 17.1 Å². The third kappa shape index (κ3) is 4.34. The molecule has 1 aliphatic rings. The molecule has 0 saturated heterocycles. The number of carbonyl (C=O) groups is 2. The quantitative estimate of drug-likeness (QED) is 0.759. The van der Waals surface area contributed by atoms with Crippen molar-refractivity contribution in [2.45, 2.75) is 18.5 Å². The highest BCUT2D eigenvalue weighted by molar-refractivity contribution is 9.10. The van der Waals surface area contributed by atoms with Gasteiger partial charge in [0.15, 0.2) is 11.6 Å². The van der Waals surface area contributed by atoms with Crippen LogP contribution in [0.25, 0.3) is 0 Å². The van der Waals surface area contributed by atoms with Crippen LogP contribution in [0.4, 0.5) is 14.6 Å². The van der Waals surface area contributed by atoms with Crippen LogP contribution < -0.4 is 5.32 Å². The van der Waals surface area contributed by atoms with Gasteiger partial charge in [0.1, 0.15) is 12.2 Å². The van der Waals surface area contributed by atoms with Crippen molar-refractivity contribution in [1.82, 2.24) is 9.88 Å². The number of likely N-dealkylation sites (N-methyl/N-ethyl adjacent to an activating group) is 1. The van der Waals surface area contributed by atoms with Crippen molar-refractivity contribution in [3.8, 4) is 6.07 Å². The van der Waals surface area contributed by atoms with Crippen molar-refractivity contribution < 1.29 is 18.4 Å². The van der Waals surface area contributed by atoms with Gasteiger partial charge in [-0.25, -0.2) is 13.8 Å². The maximum atomic E-state index is 13.8. The van der Waals surface area contributed by atoms with E-state index in [1.54, 1.807) is 24.3 Å². The molecule has 0 aliphatic heterocycles. The van der Waals surface area contributed by atoms with Gasteiger partial charge in [0.25, 0.3) is 5.91 Å². The number of halogens is 3. The molecule has 2 amide bonds. The van der Waals surface area contributed by atoms with Crippen molar-refractivity contribution in [3.63, 3.8) is 0 Å². The van der Waals surface area contributed by atoms with Gasteiger partial charge in [-0.3, -0.25) is 9.59 Å². The molecule has 9 heteroatoms. The number of aromatic nitrogens is 1. The molecular weight excluding hydrogens is 434 g/mol. The molecule has 1 unspecified atom stereocenters. The molecule has 144 valence electrons. The molecular formula is C19H15BrF2N4O2. The lowest BCUT2D eigenvalue weighted by molar-refractivity contribution is -0.116. The van der Waals surface area contributed by atoms with E-state index < -0.39 is 23.8 Å². The molecule has 1 fully saturated rings. The highest BCUT2D eigenvalue weighted by Crippen LogP contribution is 2.45. The Kier molecular flexibility index (Phi) is 5.70. The number of nitrogens with zero attached hydrogens (tertiary/aromatic N) is 3. The normalized spacial score (nSPS) is 17.5. The van der Waals surface area contributed by atoms with Gasteiger partial charge in [-0.15, -0.1) is 0 Å². The number of carbonyl (C=O) groups excluding carboxylic acids is 2. The molecule has 1 aromatic heterocycles. The SMILES string of the molecule is CN(CC(=O)Nc1ncc(C#N)cc1F)C(=O)c1ccc(Br)cc1C1C[C@H]1F. The van der Waals surface area contributed by atoms with Crippen LogP contribution in [0.5, 0.6) is 0 Å². The molecule has 1 aromatic carbocycles. The zero-order valence-electron chi connectivity index (χ0n) is 14.7. The fraction of sp³-hybridized carbons (Fsp3) is 0.263. The maximum Gasteiger partial charge on any atom is 0.254 e. The van der Waals surface area contributed by atoms with Gasteiger partial charge >= 0.3 is 0 Å². The van der Waals surface area contributed by atoms with Gasteiger partial charge < -0.3 is 10.2 Å². The smallest absolute Gasteiger partial charge is 0.254 e. The van der Waals surface area contributed by atoms with Gasteiger partial charge in [-0.05, 0) is 36.2 Å². The van der Waals surface area contributed by atoms with E-state index >= 15 is 0 Å². The standard InChI is InChI=1S/C19H15BrF2N4O2/c1-26(9-17(27)25-18-16(22)4-10(7-23)8-24-18)19(28)12-3-2-11(20)5-13(12)14-6-15(14)21/h2-5,8,14-15H,6,9H2,1H3,(H,24,25,27)/t14?,15-/m1/s1. The summed E-state index contributed by atoms with van der Waals surface area (Å²) >= 11 is 3.32. The van der Waals surface area contributed by atoms with E-state index in [9.17, 15) is 18.4 Å². The van der Waals surface area contributed by atoms with E-state index in [2.05, 4.69) is 26.2 Å². The van der Waals surface area contributed by atoms with Crippen LogP contribution in [0.2, 0.25) is 0 Å². The Morgan fingerprint density at radius 1 is 1.43 bits per heavy atom. The third-order valence-electron chi connectivity index (χ3n) is 4.31. The number of nitriles is 1. The van der Waals surface area contributed by atoms with Crippen molar-refractivity contribution in [1.29, 1.82) is 5.26 Å². The summed E-state index contributed by atoms with van der Waals surface area (Å²) < 4.78 is 28.1. The van der Waals surface area contributed by atoms with Crippen LogP contribution in [0.1, 0.15) is 33.8 Å². The largest absolute Gasteiger partial charge is 0.332 e. The van der Waals surface area contributed by atoms with Gasteiger partial charge in [-0.1, -0.05) is 15.9 Å². The van der Waals surface area contributed by atoms with E-state index in [1.165, 1.54) is 11.9 Å². The Bertz CT molecular complexity index is 992. The first-order valence-corrected chi connectivity index (χ1v) is 9.14. The van der Waals surface area contributed by atoms with Crippen molar-refractivity contribution >= 4 is 33.6 Å². The molecule has 2 aromatic rings. The summed E-state index contributed by atoms with van der Waals surface area (Å²) in [5.41, 5.74) is 0.946. The minimum Gasteiger partial charge on any atom is -0.332 e. The lowest BCUT2D eigenvalue weighted by Gasteiger charge is -2.19. The summed E-state index contributed by atoms with van der Waals surface area (Å²) in [6.07, 6.45) is 0.523. The van der Waals surface area contributed by atoms with Gasteiger partial charge in [0.2, 0.25) is 5.91 Å². The van der Waals surface area contributed by atoms with Crippen molar-refractivity contribution in [2.24, 2.45) is 0 Å². The lowest BCUT2D eigenvalue weighted by Crippen LogP contribution is -2.35. The minimum absolute atomic E-state index is 0.0248. The number of hydrogen-bond donors (Lipinski definition) is 1. The molecule has 1 saturated carbocycles. The van der Waals surface area contributed by atoms with Crippen molar-refractivity contribution in [3.05, 3.63) is 57.4 Å². The molecule has 0 bridgehead atoms. The Morgan fingerprint density at radius 2 is 2.14 bits per heavy atom. The number of hydrogen-bond acceptors (Lipinski definition) is 4. The highest BCUT2D eigenvalue weighted by Gasteiger charge is 2.41. The second-order valence-electron chi connectivity index (χ2n) is 6.47. The van der Waals surface area contributed by atoms with E-state index in [0.29, 0.717) is 17.5 Å². The first-order chi connectivity index (χ1) is 13.3. The zero-order chi connectivity index (χ0) is 20.4. The predicted octanol–water partition coefficient (Wildman–Crippen LogP) is 3.39. The Balaban J connectivity index is 1.69. The first-order valence-electron chi connectivity index (χ1n) is 8.34. The van der Waals surface area contributed by atoms with E-state index in [4.69, 9.17) is 5.26 Å². The number of benzene rings is 1. The van der Waals surface area contributed by atoms with Crippen LogP contribution in [-0.2, 0) is 4.79 Å². The maximum absolute atomic E-state index is 13.8. The number of rotatable bonds is 5. The number of anilines is 1. The Hall–Kier alpha value is -2.86. The van der Waals surface area contributed by atoms with E-state index in [-0.39, 0.29) is 23.8 Å². The van der Waals surface area contributed by atoms with Crippen LogP contribution in [0.3, 0.4) is 0 Å². The Morgan fingerprint density at radius 3 is 2.75 bits per heavy atom. The second-order valence-corrected chi connectivity index (χ2v) is 7.38. The first kappa shape index (κ1) is 19.9. The number of nitrogens with one attached hydrogen (secondary N) is 1. The molecule has 0 radical (unpaired) electrons. The number of alkyl halides is 1. The molecule has 28 heavy (non-hydrogen) atoms. The molecule has 3 rings (SSSR count). The van der Waals surface area contributed by atoms with E-state index in [0.717, 1.165) is 16.7 Å². The fourth-order valence-electron chi connectivity index (χ4n) is 2.78. The molecule has 6 nitrogen and oxygen atoms in total. The van der Waals surface area contributed by atoms with Gasteiger partial charge in [0, 0.05) is 29.2 Å². The summed E-state index contributed by atoms with van der Waals surface area (Å²) in [4.78, 5) is 29.7. The average Bonchev–Trinajstić information content (AvgIpc) is 3.39. The summed E-state index contributed by atoms with van der Waals surface area (Å²) in [7, 11) is 1.43. The zero-order valence-corrected chi connectivity index (χ0v) is 16.3. The number of pyridine rings is 1. The van der Waals surface area contributed by atoms with Gasteiger partial charge in [0.05, 0.1) is 12.1 Å². The topological polar surface area (TPSA) is 86.1 Å². The summed E-state index contributed by atoms with van der Waals surface area (Å²) in [6.45, 7) is -0.348.